The number of likely N-dealkylation sites (tertiary alicyclic amines) is 1. The molecule has 1 aliphatic rings. The number of hydrogen-bond acceptors (Lipinski definition) is 3. The van der Waals surface area contributed by atoms with Gasteiger partial charge in [0.25, 0.3) is 0 Å². The van der Waals surface area contributed by atoms with E-state index in [-0.39, 0.29) is 5.82 Å². The van der Waals surface area contributed by atoms with Crippen molar-refractivity contribution in [2.24, 2.45) is 5.41 Å². The molecule has 1 aromatic rings. The van der Waals surface area contributed by atoms with E-state index >= 15 is 0 Å². The fraction of sp³-hybridized carbons (Fsp3) is 0.533. The van der Waals surface area contributed by atoms with Crippen molar-refractivity contribution in [3.8, 4) is 5.75 Å². The molecular formula is C15H20FNO3. The molecule has 0 radical (unpaired) electrons. The van der Waals surface area contributed by atoms with E-state index in [4.69, 9.17) is 9.84 Å². The number of hydrogen-bond donors (Lipinski definition) is 1. The second-order valence-electron chi connectivity index (χ2n) is 5.51. The Morgan fingerprint density at radius 2 is 1.95 bits per heavy atom. The van der Waals surface area contributed by atoms with Crippen LogP contribution in [0.5, 0.6) is 5.75 Å². The minimum atomic E-state index is -0.709. The van der Waals surface area contributed by atoms with Gasteiger partial charge in [0, 0.05) is 6.54 Å². The number of rotatable bonds is 5. The molecule has 0 saturated carbocycles. The Morgan fingerprint density at radius 3 is 2.50 bits per heavy atom. The van der Waals surface area contributed by atoms with E-state index < -0.39 is 11.4 Å². The number of piperidine rings is 1. The first-order valence-corrected chi connectivity index (χ1v) is 6.84. The topological polar surface area (TPSA) is 49.8 Å². The van der Waals surface area contributed by atoms with Crippen LogP contribution in [0.1, 0.15) is 19.8 Å². The van der Waals surface area contributed by atoms with Gasteiger partial charge in [-0.05, 0) is 57.1 Å². The second kappa shape index (κ2) is 6.22. The third-order valence-corrected chi connectivity index (χ3v) is 3.97. The molecule has 5 heteroatoms. The van der Waals surface area contributed by atoms with Crippen molar-refractivity contribution in [1.82, 2.24) is 4.90 Å². The predicted molar refractivity (Wildman–Crippen MR) is 73.3 cm³/mol. The Kier molecular flexibility index (Phi) is 4.60. The fourth-order valence-electron chi connectivity index (χ4n) is 2.31. The molecular weight excluding hydrogens is 261 g/mol. The number of halogens is 1. The molecule has 0 bridgehead atoms. The molecule has 0 atom stereocenters. The number of carboxylic acid groups (broad SMARTS) is 1. The zero-order chi connectivity index (χ0) is 14.6. The molecule has 0 amide bonds. The maximum absolute atomic E-state index is 12.7. The molecule has 1 fully saturated rings. The maximum atomic E-state index is 12.7. The Morgan fingerprint density at radius 1 is 1.35 bits per heavy atom. The summed E-state index contributed by atoms with van der Waals surface area (Å²) < 4.78 is 18.3. The van der Waals surface area contributed by atoms with Gasteiger partial charge in [-0.1, -0.05) is 0 Å². The van der Waals surface area contributed by atoms with E-state index in [1.165, 1.54) is 12.1 Å². The standard InChI is InChI=1S/C15H20FNO3/c1-15(14(18)19)6-8-17(9-7-15)10-11-20-13-4-2-12(16)3-5-13/h2-5H,6-11H2,1H3,(H,18,19). The second-order valence-corrected chi connectivity index (χ2v) is 5.51. The minimum Gasteiger partial charge on any atom is -0.492 e. The summed E-state index contributed by atoms with van der Waals surface area (Å²) in [5.74, 6) is -0.333. The van der Waals surface area contributed by atoms with E-state index in [0.717, 1.165) is 19.6 Å². The lowest BCUT2D eigenvalue weighted by molar-refractivity contribution is -0.150. The monoisotopic (exact) mass is 281 g/mol. The highest BCUT2D eigenvalue weighted by Gasteiger charge is 2.36. The SMILES string of the molecule is CC1(C(=O)O)CCN(CCOc2ccc(F)cc2)CC1. The summed E-state index contributed by atoms with van der Waals surface area (Å²) in [6.07, 6.45) is 1.33. The van der Waals surface area contributed by atoms with Gasteiger partial charge in [-0.3, -0.25) is 9.69 Å². The zero-order valence-electron chi connectivity index (χ0n) is 11.6. The van der Waals surface area contributed by atoms with Crippen LogP contribution in [0.4, 0.5) is 4.39 Å². The van der Waals surface area contributed by atoms with Crippen LogP contribution in [-0.2, 0) is 4.79 Å². The van der Waals surface area contributed by atoms with Gasteiger partial charge < -0.3 is 9.84 Å². The molecule has 1 N–H and O–H groups in total. The Hall–Kier alpha value is -1.62. The first-order chi connectivity index (χ1) is 9.49. The lowest BCUT2D eigenvalue weighted by atomic mass is 9.80. The fourth-order valence-corrected chi connectivity index (χ4v) is 2.31. The Balaban J connectivity index is 1.71. The average molecular weight is 281 g/mol. The van der Waals surface area contributed by atoms with Gasteiger partial charge in [0.2, 0.25) is 0 Å². The molecule has 0 aliphatic carbocycles. The average Bonchev–Trinajstić information content (AvgIpc) is 2.43. The van der Waals surface area contributed by atoms with Gasteiger partial charge >= 0.3 is 5.97 Å². The van der Waals surface area contributed by atoms with Gasteiger partial charge in [0.1, 0.15) is 18.2 Å². The van der Waals surface area contributed by atoms with Crippen LogP contribution < -0.4 is 4.74 Å². The summed E-state index contributed by atoms with van der Waals surface area (Å²) in [5.41, 5.74) is -0.589. The van der Waals surface area contributed by atoms with E-state index in [2.05, 4.69) is 4.90 Å². The number of benzene rings is 1. The highest BCUT2D eigenvalue weighted by molar-refractivity contribution is 5.74. The maximum Gasteiger partial charge on any atom is 0.309 e. The third kappa shape index (κ3) is 3.70. The molecule has 1 heterocycles. The van der Waals surface area contributed by atoms with Crippen LogP contribution in [0.15, 0.2) is 24.3 Å². The van der Waals surface area contributed by atoms with E-state index in [9.17, 15) is 9.18 Å². The highest BCUT2D eigenvalue weighted by Crippen LogP contribution is 2.30. The molecule has 1 saturated heterocycles. The molecule has 1 aromatic carbocycles. The quantitative estimate of drug-likeness (QED) is 0.900. The zero-order valence-corrected chi connectivity index (χ0v) is 11.6. The lowest BCUT2D eigenvalue weighted by Crippen LogP contribution is -2.43. The van der Waals surface area contributed by atoms with E-state index in [1.54, 1.807) is 12.1 Å². The summed E-state index contributed by atoms with van der Waals surface area (Å²) >= 11 is 0. The van der Waals surface area contributed by atoms with Crippen LogP contribution in [0.3, 0.4) is 0 Å². The van der Waals surface area contributed by atoms with E-state index in [1.807, 2.05) is 6.92 Å². The summed E-state index contributed by atoms with van der Waals surface area (Å²) in [6, 6.07) is 5.95. The van der Waals surface area contributed by atoms with Crippen molar-refractivity contribution < 1.29 is 19.0 Å². The van der Waals surface area contributed by atoms with Crippen LogP contribution in [0.25, 0.3) is 0 Å². The van der Waals surface area contributed by atoms with Crippen molar-refractivity contribution in [3.63, 3.8) is 0 Å². The van der Waals surface area contributed by atoms with Crippen LogP contribution in [0, 0.1) is 11.2 Å². The van der Waals surface area contributed by atoms with Gasteiger partial charge in [-0.15, -0.1) is 0 Å². The highest BCUT2D eigenvalue weighted by atomic mass is 19.1. The van der Waals surface area contributed by atoms with Gasteiger partial charge in [-0.2, -0.15) is 0 Å². The van der Waals surface area contributed by atoms with Crippen molar-refractivity contribution in [1.29, 1.82) is 0 Å². The molecule has 20 heavy (non-hydrogen) atoms. The number of aliphatic carboxylic acids is 1. The van der Waals surface area contributed by atoms with Crippen LogP contribution in [-0.4, -0.2) is 42.2 Å². The molecule has 4 nitrogen and oxygen atoms in total. The predicted octanol–water partition coefficient (Wildman–Crippen LogP) is 2.39. The molecule has 0 unspecified atom stereocenters. The van der Waals surface area contributed by atoms with Gasteiger partial charge in [0.15, 0.2) is 0 Å². The molecule has 1 aliphatic heterocycles. The number of ether oxygens (including phenoxy) is 1. The van der Waals surface area contributed by atoms with Crippen molar-refractivity contribution >= 4 is 5.97 Å². The summed E-state index contributed by atoms with van der Waals surface area (Å²) in [6.45, 7) is 4.63. The van der Waals surface area contributed by atoms with Crippen LogP contribution in [0.2, 0.25) is 0 Å². The lowest BCUT2D eigenvalue weighted by Gasteiger charge is -2.36. The Bertz CT molecular complexity index is 453. The number of carboxylic acids is 1. The summed E-state index contributed by atoms with van der Waals surface area (Å²) in [5, 5.41) is 9.16. The third-order valence-electron chi connectivity index (χ3n) is 3.97. The molecule has 2 rings (SSSR count). The molecule has 0 spiro atoms. The van der Waals surface area contributed by atoms with E-state index in [0.29, 0.717) is 25.2 Å². The first-order valence-electron chi connectivity index (χ1n) is 6.84. The van der Waals surface area contributed by atoms with Gasteiger partial charge in [0.05, 0.1) is 5.41 Å². The Labute approximate surface area is 118 Å². The first kappa shape index (κ1) is 14.8. The largest absolute Gasteiger partial charge is 0.492 e. The summed E-state index contributed by atoms with van der Waals surface area (Å²) in [7, 11) is 0. The molecule has 110 valence electrons. The van der Waals surface area contributed by atoms with Crippen molar-refractivity contribution in [3.05, 3.63) is 30.1 Å². The number of nitrogens with zero attached hydrogens (tertiary/aromatic N) is 1. The smallest absolute Gasteiger partial charge is 0.309 e. The summed E-state index contributed by atoms with van der Waals surface area (Å²) in [4.78, 5) is 13.3. The molecule has 0 aromatic heterocycles. The van der Waals surface area contributed by atoms with Crippen molar-refractivity contribution in [2.45, 2.75) is 19.8 Å². The van der Waals surface area contributed by atoms with Gasteiger partial charge in [-0.25, -0.2) is 4.39 Å². The minimum absolute atomic E-state index is 0.277. The number of carbonyl (C=O) groups is 1. The van der Waals surface area contributed by atoms with Crippen LogP contribution >= 0.6 is 0 Å². The normalized spacial score (nSPS) is 18.7. The van der Waals surface area contributed by atoms with Crippen molar-refractivity contribution in [2.75, 3.05) is 26.2 Å².